The van der Waals surface area contributed by atoms with E-state index in [0.717, 1.165) is 11.1 Å². The van der Waals surface area contributed by atoms with Gasteiger partial charge in [0.25, 0.3) is 5.91 Å². The van der Waals surface area contributed by atoms with Crippen LogP contribution in [-0.2, 0) is 4.79 Å². The molecule has 0 atom stereocenters. The van der Waals surface area contributed by atoms with Gasteiger partial charge in [0.15, 0.2) is 0 Å². The number of hydrogen-bond acceptors (Lipinski definition) is 2. The molecule has 1 amide bonds. The number of rotatable bonds is 5. The van der Waals surface area contributed by atoms with Gasteiger partial charge in [0, 0.05) is 12.3 Å². The predicted molar refractivity (Wildman–Crippen MR) is 87.6 cm³/mol. The summed E-state index contributed by atoms with van der Waals surface area (Å²) in [6, 6.07) is 19.5. The van der Waals surface area contributed by atoms with Crippen molar-refractivity contribution in [1.82, 2.24) is 5.43 Å². The molecule has 0 fully saturated rings. The Morgan fingerprint density at radius 2 is 1.43 bits per heavy atom. The van der Waals surface area contributed by atoms with Crippen molar-refractivity contribution in [2.45, 2.75) is 0 Å². The second kappa shape index (κ2) is 8.27. The monoisotopic (exact) mass is 276 g/mol. The maximum atomic E-state index is 11.5. The van der Waals surface area contributed by atoms with Crippen molar-refractivity contribution in [2.75, 3.05) is 0 Å². The first kappa shape index (κ1) is 14.5. The van der Waals surface area contributed by atoms with Crippen LogP contribution in [0.5, 0.6) is 0 Å². The molecule has 0 saturated heterocycles. The molecule has 2 aromatic rings. The number of carbonyl (C=O) groups is 1. The van der Waals surface area contributed by atoms with Gasteiger partial charge in [-0.15, -0.1) is 0 Å². The summed E-state index contributed by atoms with van der Waals surface area (Å²) in [6.07, 6.45) is 8.42. The van der Waals surface area contributed by atoms with Crippen molar-refractivity contribution in [3.8, 4) is 0 Å². The zero-order valence-corrected chi connectivity index (χ0v) is 11.5. The maximum Gasteiger partial charge on any atom is 0.264 e. The molecule has 2 aromatic carbocycles. The van der Waals surface area contributed by atoms with E-state index in [1.54, 1.807) is 18.4 Å². The minimum atomic E-state index is -0.261. The summed E-state index contributed by atoms with van der Waals surface area (Å²) >= 11 is 0. The molecule has 0 aliphatic rings. The van der Waals surface area contributed by atoms with Crippen LogP contribution in [0.4, 0.5) is 0 Å². The molecule has 3 heteroatoms. The molecule has 0 unspecified atom stereocenters. The second-order valence-corrected chi connectivity index (χ2v) is 4.27. The average Bonchev–Trinajstić information content (AvgIpc) is 2.54. The molecule has 2 rings (SSSR count). The van der Waals surface area contributed by atoms with E-state index >= 15 is 0 Å². The van der Waals surface area contributed by atoms with Gasteiger partial charge in [0.2, 0.25) is 0 Å². The van der Waals surface area contributed by atoms with Crippen LogP contribution >= 0.6 is 0 Å². The third kappa shape index (κ3) is 5.70. The van der Waals surface area contributed by atoms with Crippen LogP contribution in [0.1, 0.15) is 11.1 Å². The fourth-order valence-corrected chi connectivity index (χ4v) is 1.64. The van der Waals surface area contributed by atoms with E-state index in [9.17, 15) is 4.79 Å². The number of benzene rings is 2. The Morgan fingerprint density at radius 1 is 0.857 bits per heavy atom. The van der Waals surface area contributed by atoms with Crippen molar-refractivity contribution in [2.24, 2.45) is 5.10 Å². The Labute approximate surface area is 124 Å². The SMILES string of the molecule is O=C(/C=C/c1ccccc1)NN=C/C=C/c1ccccc1. The number of allylic oxidation sites excluding steroid dienone is 1. The fraction of sp³-hybridized carbons (Fsp3) is 0. The minimum absolute atomic E-state index is 0.261. The molecular formula is C18H16N2O. The van der Waals surface area contributed by atoms with Crippen molar-refractivity contribution < 1.29 is 4.79 Å². The summed E-state index contributed by atoms with van der Waals surface area (Å²) in [4.78, 5) is 11.5. The molecule has 104 valence electrons. The van der Waals surface area contributed by atoms with E-state index in [1.165, 1.54) is 6.08 Å². The van der Waals surface area contributed by atoms with Gasteiger partial charge < -0.3 is 0 Å². The standard InChI is InChI=1S/C18H16N2O/c21-18(14-13-17-10-5-2-6-11-17)20-19-15-7-12-16-8-3-1-4-9-16/h1-15H,(H,20,21)/b12-7+,14-13+,19-15?. The smallest absolute Gasteiger partial charge is 0.264 e. The van der Waals surface area contributed by atoms with E-state index in [2.05, 4.69) is 10.5 Å². The molecular weight excluding hydrogens is 260 g/mol. The average molecular weight is 276 g/mol. The zero-order chi connectivity index (χ0) is 14.8. The van der Waals surface area contributed by atoms with E-state index in [-0.39, 0.29) is 5.91 Å². The highest BCUT2D eigenvalue weighted by Crippen LogP contribution is 2.00. The summed E-state index contributed by atoms with van der Waals surface area (Å²) in [7, 11) is 0. The molecule has 21 heavy (non-hydrogen) atoms. The lowest BCUT2D eigenvalue weighted by Crippen LogP contribution is -2.13. The van der Waals surface area contributed by atoms with Crippen molar-refractivity contribution >= 4 is 24.3 Å². The molecule has 0 aliphatic heterocycles. The summed E-state index contributed by atoms with van der Waals surface area (Å²) in [5, 5.41) is 3.84. The Kier molecular flexibility index (Phi) is 5.70. The van der Waals surface area contributed by atoms with Crippen LogP contribution in [0.2, 0.25) is 0 Å². The van der Waals surface area contributed by atoms with Gasteiger partial charge in [-0.2, -0.15) is 5.10 Å². The summed E-state index contributed by atoms with van der Waals surface area (Å²) in [5.41, 5.74) is 4.49. The number of nitrogens with one attached hydrogen (secondary N) is 1. The molecule has 0 saturated carbocycles. The van der Waals surface area contributed by atoms with Crippen LogP contribution < -0.4 is 5.43 Å². The Balaban J connectivity index is 1.77. The van der Waals surface area contributed by atoms with Crippen LogP contribution in [0.3, 0.4) is 0 Å². The van der Waals surface area contributed by atoms with Gasteiger partial charge in [-0.1, -0.05) is 66.7 Å². The molecule has 1 N–H and O–H groups in total. The number of carbonyl (C=O) groups excluding carboxylic acids is 1. The Morgan fingerprint density at radius 3 is 2.05 bits per heavy atom. The van der Waals surface area contributed by atoms with E-state index in [4.69, 9.17) is 0 Å². The fourth-order valence-electron chi connectivity index (χ4n) is 1.64. The van der Waals surface area contributed by atoms with Gasteiger partial charge in [-0.25, -0.2) is 5.43 Å². The Bertz CT molecular complexity index is 643. The lowest BCUT2D eigenvalue weighted by molar-refractivity contribution is -0.116. The normalized spacial score (nSPS) is 11.4. The highest BCUT2D eigenvalue weighted by atomic mass is 16.2. The molecule has 0 bridgehead atoms. The largest absolute Gasteiger partial charge is 0.268 e. The van der Waals surface area contributed by atoms with Crippen LogP contribution in [0.15, 0.2) is 77.9 Å². The van der Waals surface area contributed by atoms with Gasteiger partial charge in [-0.3, -0.25) is 4.79 Å². The molecule has 0 heterocycles. The number of hydrazone groups is 1. The van der Waals surface area contributed by atoms with Gasteiger partial charge in [0.1, 0.15) is 0 Å². The van der Waals surface area contributed by atoms with Crippen LogP contribution in [0, 0.1) is 0 Å². The minimum Gasteiger partial charge on any atom is -0.268 e. The molecule has 3 nitrogen and oxygen atoms in total. The number of nitrogens with zero attached hydrogens (tertiary/aromatic N) is 1. The predicted octanol–water partition coefficient (Wildman–Crippen LogP) is 3.52. The molecule has 0 spiro atoms. The molecule has 0 aromatic heterocycles. The summed E-state index contributed by atoms with van der Waals surface area (Å²) in [5.74, 6) is -0.261. The topological polar surface area (TPSA) is 41.5 Å². The van der Waals surface area contributed by atoms with Gasteiger partial charge in [0.05, 0.1) is 0 Å². The highest BCUT2D eigenvalue weighted by Gasteiger charge is 1.90. The van der Waals surface area contributed by atoms with E-state index < -0.39 is 0 Å². The zero-order valence-electron chi connectivity index (χ0n) is 11.5. The number of amides is 1. The quantitative estimate of drug-likeness (QED) is 0.507. The Hall–Kier alpha value is -2.94. The van der Waals surface area contributed by atoms with Crippen molar-refractivity contribution in [3.63, 3.8) is 0 Å². The van der Waals surface area contributed by atoms with Gasteiger partial charge in [-0.05, 0) is 23.3 Å². The highest BCUT2D eigenvalue weighted by molar-refractivity contribution is 5.92. The van der Waals surface area contributed by atoms with Crippen LogP contribution in [-0.4, -0.2) is 12.1 Å². The molecule has 0 aliphatic carbocycles. The first-order chi connectivity index (χ1) is 10.3. The third-order valence-electron chi connectivity index (χ3n) is 2.65. The molecule has 0 radical (unpaired) electrons. The van der Waals surface area contributed by atoms with E-state index in [0.29, 0.717) is 0 Å². The van der Waals surface area contributed by atoms with E-state index in [1.807, 2.05) is 66.7 Å². The summed E-state index contributed by atoms with van der Waals surface area (Å²) in [6.45, 7) is 0. The lowest BCUT2D eigenvalue weighted by Gasteiger charge is -1.93. The van der Waals surface area contributed by atoms with Crippen LogP contribution in [0.25, 0.3) is 12.2 Å². The summed E-state index contributed by atoms with van der Waals surface area (Å²) < 4.78 is 0. The van der Waals surface area contributed by atoms with Crippen molar-refractivity contribution in [1.29, 1.82) is 0 Å². The third-order valence-corrected chi connectivity index (χ3v) is 2.65. The van der Waals surface area contributed by atoms with Crippen molar-refractivity contribution in [3.05, 3.63) is 83.9 Å². The lowest BCUT2D eigenvalue weighted by atomic mass is 10.2. The first-order valence-electron chi connectivity index (χ1n) is 6.62. The second-order valence-electron chi connectivity index (χ2n) is 4.27. The number of hydrogen-bond donors (Lipinski definition) is 1. The van der Waals surface area contributed by atoms with Gasteiger partial charge >= 0.3 is 0 Å². The maximum absolute atomic E-state index is 11.5. The first-order valence-corrected chi connectivity index (χ1v) is 6.62.